The summed E-state index contributed by atoms with van der Waals surface area (Å²) in [5.74, 6) is 1.44. The topological polar surface area (TPSA) is 70.6 Å². The molecule has 2 aromatic rings. The first-order valence-corrected chi connectivity index (χ1v) is 9.68. The molecule has 1 saturated heterocycles. The zero-order valence-electron chi connectivity index (χ0n) is 16.7. The molecule has 1 N–H and O–H groups in total. The molecular weight excluding hydrogens is 354 g/mol. The molecule has 3 heterocycles. The van der Waals surface area contributed by atoms with Gasteiger partial charge < -0.3 is 15.0 Å². The number of ether oxygens (including phenoxy) is 1. The Morgan fingerprint density at radius 1 is 1.25 bits per heavy atom. The molecule has 0 radical (unpaired) electrons. The van der Waals surface area contributed by atoms with Gasteiger partial charge in [-0.1, -0.05) is 6.07 Å². The lowest BCUT2D eigenvalue weighted by Crippen LogP contribution is -2.49. The molecule has 7 nitrogen and oxygen atoms in total. The fourth-order valence-electron chi connectivity index (χ4n) is 4.17. The highest BCUT2D eigenvalue weighted by Crippen LogP contribution is 2.32. The lowest BCUT2D eigenvalue weighted by Gasteiger charge is -2.29. The molecule has 1 amide bonds. The zero-order chi connectivity index (χ0) is 19.7. The standard InChI is InChI=1S/C21H27N5O2/c1-25(2)20-22-11-15(12-23-20)13-26-9-8-21(14-26)7-6-16-4-5-17(28-3)10-18(16)19(27)24-21/h4-5,10-12H,6-9,13-14H2,1-3H3,(H,24,27). The van der Waals surface area contributed by atoms with Gasteiger partial charge in [0, 0.05) is 57.3 Å². The lowest BCUT2D eigenvalue weighted by atomic mass is 9.91. The minimum Gasteiger partial charge on any atom is -0.497 e. The maximum absolute atomic E-state index is 12.9. The van der Waals surface area contributed by atoms with Crippen LogP contribution in [0.15, 0.2) is 30.6 Å². The van der Waals surface area contributed by atoms with E-state index in [1.54, 1.807) is 7.11 Å². The Bertz CT molecular complexity index is 868. The second-order valence-corrected chi connectivity index (χ2v) is 8.00. The van der Waals surface area contributed by atoms with E-state index in [2.05, 4.69) is 20.2 Å². The van der Waals surface area contributed by atoms with Crippen molar-refractivity contribution in [2.75, 3.05) is 39.2 Å². The fourth-order valence-corrected chi connectivity index (χ4v) is 4.17. The van der Waals surface area contributed by atoms with Gasteiger partial charge in [0.2, 0.25) is 5.95 Å². The molecule has 1 aromatic carbocycles. The molecule has 0 saturated carbocycles. The molecule has 2 aliphatic heterocycles. The smallest absolute Gasteiger partial charge is 0.252 e. The van der Waals surface area contributed by atoms with Gasteiger partial charge >= 0.3 is 0 Å². The number of hydrogen-bond acceptors (Lipinski definition) is 6. The van der Waals surface area contributed by atoms with E-state index in [1.807, 2.05) is 49.6 Å². The van der Waals surface area contributed by atoms with Crippen LogP contribution in [0.4, 0.5) is 5.95 Å². The molecule has 4 rings (SSSR count). The maximum atomic E-state index is 12.9. The number of likely N-dealkylation sites (tertiary alicyclic amines) is 1. The summed E-state index contributed by atoms with van der Waals surface area (Å²) in [6.45, 7) is 2.60. The third kappa shape index (κ3) is 3.67. The van der Waals surface area contributed by atoms with Gasteiger partial charge in [0.1, 0.15) is 5.75 Å². The molecule has 28 heavy (non-hydrogen) atoms. The Morgan fingerprint density at radius 2 is 2.04 bits per heavy atom. The number of anilines is 1. The summed E-state index contributed by atoms with van der Waals surface area (Å²) in [4.78, 5) is 26.0. The monoisotopic (exact) mass is 381 g/mol. The summed E-state index contributed by atoms with van der Waals surface area (Å²) >= 11 is 0. The van der Waals surface area contributed by atoms with Crippen molar-refractivity contribution in [2.24, 2.45) is 0 Å². The van der Waals surface area contributed by atoms with Crippen molar-refractivity contribution in [1.82, 2.24) is 20.2 Å². The van der Waals surface area contributed by atoms with Gasteiger partial charge in [-0.25, -0.2) is 9.97 Å². The minimum absolute atomic E-state index is 0.00641. The summed E-state index contributed by atoms with van der Waals surface area (Å²) in [7, 11) is 5.49. The molecule has 0 aliphatic carbocycles. The molecule has 1 fully saturated rings. The van der Waals surface area contributed by atoms with Gasteiger partial charge in [0.25, 0.3) is 5.91 Å². The van der Waals surface area contributed by atoms with Crippen LogP contribution in [-0.2, 0) is 13.0 Å². The highest BCUT2D eigenvalue weighted by molar-refractivity contribution is 5.97. The molecule has 1 spiro atoms. The van der Waals surface area contributed by atoms with E-state index in [1.165, 1.54) is 0 Å². The van der Waals surface area contributed by atoms with Gasteiger partial charge in [-0.2, -0.15) is 0 Å². The number of hydrogen-bond donors (Lipinski definition) is 1. The predicted molar refractivity (Wildman–Crippen MR) is 108 cm³/mol. The van der Waals surface area contributed by atoms with Crippen molar-refractivity contribution >= 4 is 11.9 Å². The van der Waals surface area contributed by atoms with E-state index >= 15 is 0 Å². The number of aromatic nitrogens is 2. The first kappa shape index (κ1) is 18.7. The van der Waals surface area contributed by atoms with Crippen LogP contribution >= 0.6 is 0 Å². The number of amides is 1. The van der Waals surface area contributed by atoms with Crippen LogP contribution in [0, 0.1) is 0 Å². The van der Waals surface area contributed by atoms with E-state index < -0.39 is 0 Å². The van der Waals surface area contributed by atoms with Crippen molar-refractivity contribution in [3.05, 3.63) is 47.3 Å². The van der Waals surface area contributed by atoms with Crippen LogP contribution in [0.25, 0.3) is 0 Å². The van der Waals surface area contributed by atoms with E-state index in [-0.39, 0.29) is 11.4 Å². The highest BCUT2D eigenvalue weighted by atomic mass is 16.5. The number of fused-ring (bicyclic) bond motifs is 1. The Hall–Kier alpha value is -2.67. The van der Waals surface area contributed by atoms with Crippen LogP contribution in [-0.4, -0.2) is 60.6 Å². The second kappa shape index (κ2) is 7.39. The quantitative estimate of drug-likeness (QED) is 0.872. The average molecular weight is 381 g/mol. The molecule has 0 bridgehead atoms. The first-order chi connectivity index (χ1) is 13.5. The van der Waals surface area contributed by atoms with Crippen LogP contribution in [0.2, 0.25) is 0 Å². The predicted octanol–water partition coefficient (Wildman–Crippen LogP) is 1.87. The van der Waals surface area contributed by atoms with Crippen molar-refractivity contribution < 1.29 is 9.53 Å². The van der Waals surface area contributed by atoms with Gasteiger partial charge in [-0.05, 0) is 37.0 Å². The second-order valence-electron chi connectivity index (χ2n) is 8.00. The molecule has 148 valence electrons. The minimum atomic E-state index is -0.173. The maximum Gasteiger partial charge on any atom is 0.252 e. The molecular formula is C21H27N5O2. The number of nitrogens with zero attached hydrogens (tertiary/aromatic N) is 4. The molecule has 1 atom stereocenters. The van der Waals surface area contributed by atoms with Crippen LogP contribution in [0.5, 0.6) is 5.75 Å². The number of aryl methyl sites for hydroxylation is 1. The van der Waals surface area contributed by atoms with Crippen LogP contribution < -0.4 is 15.0 Å². The van der Waals surface area contributed by atoms with E-state index in [0.29, 0.717) is 5.95 Å². The summed E-state index contributed by atoms with van der Waals surface area (Å²) in [6.07, 6.45) is 6.58. The lowest BCUT2D eigenvalue weighted by molar-refractivity contribution is 0.0901. The normalized spacial score (nSPS) is 21.9. The molecule has 2 aliphatic rings. The van der Waals surface area contributed by atoms with E-state index in [9.17, 15) is 4.79 Å². The number of methoxy groups -OCH3 is 1. The zero-order valence-corrected chi connectivity index (χ0v) is 16.7. The number of carbonyl (C=O) groups excluding carboxylic acids is 1. The average Bonchev–Trinajstić information content (AvgIpc) is 3.02. The Kier molecular flexibility index (Phi) is 4.93. The number of carbonyl (C=O) groups is 1. The Balaban J connectivity index is 1.45. The highest BCUT2D eigenvalue weighted by Gasteiger charge is 2.41. The van der Waals surface area contributed by atoms with E-state index in [0.717, 1.165) is 61.3 Å². The third-order valence-electron chi connectivity index (χ3n) is 5.74. The number of benzene rings is 1. The number of rotatable bonds is 4. The molecule has 1 aromatic heterocycles. The van der Waals surface area contributed by atoms with Gasteiger partial charge in [-0.15, -0.1) is 0 Å². The SMILES string of the molecule is COc1ccc2c(c1)C(=O)NC1(CC2)CCN(Cc2cnc(N(C)C)nc2)C1. The summed E-state index contributed by atoms with van der Waals surface area (Å²) in [5.41, 5.74) is 2.76. The van der Waals surface area contributed by atoms with Crippen LogP contribution in [0.1, 0.15) is 34.3 Å². The van der Waals surface area contributed by atoms with Gasteiger partial charge in [0.05, 0.1) is 12.6 Å². The summed E-state index contributed by atoms with van der Waals surface area (Å²) < 4.78 is 5.29. The van der Waals surface area contributed by atoms with E-state index in [4.69, 9.17) is 4.74 Å². The fraction of sp³-hybridized carbons (Fsp3) is 0.476. The molecule has 1 unspecified atom stereocenters. The molecule has 7 heteroatoms. The first-order valence-electron chi connectivity index (χ1n) is 9.68. The Morgan fingerprint density at radius 3 is 2.75 bits per heavy atom. The van der Waals surface area contributed by atoms with Crippen molar-refractivity contribution in [1.29, 1.82) is 0 Å². The van der Waals surface area contributed by atoms with Crippen LogP contribution in [0.3, 0.4) is 0 Å². The van der Waals surface area contributed by atoms with Gasteiger partial charge in [0.15, 0.2) is 0 Å². The Labute approximate surface area is 165 Å². The third-order valence-corrected chi connectivity index (χ3v) is 5.74. The number of nitrogens with one attached hydrogen (secondary N) is 1. The van der Waals surface area contributed by atoms with Gasteiger partial charge in [-0.3, -0.25) is 9.69 Å². The van der Waals surface area contributed by atoms with Crippen molar-refractivity contribution in [2.45, 2.75) is 31.3 Å². The van der Waals surface area contributed by atoms with Crippen molar-refractivity contribution in [3.63, 3.8) is 0 Å². The van der Waals surface area contributed by atoms with Crippen molar-refractivity contribution in [3.8, 4) is 5.75 Å². The summed E-state index contributed by atoms with van der Waals surface area (Å²) in [5, 5.41) is 3.33. The summed E-state index contributed by atoms with van der Waals surface area (Å²) in [6, 6.07) is 5.80. The largest absolute Gasteiger partial charge is 0.497 e.